The Labute approximate surface area is 184 Å². The molecule has 0 aliphatic heterocycles. The van der Waals surface area contributed by atoms with Gasteiger partial charge >= 0.3 is 5.97 Å². The standard InChI is InChI=1S/C25H22N2O5/c1-4-16-9-11-17(12-10-16)25(29)32-27-23(18-13-19(30-2)15-20(14-18)31-3)26-22-8-6-5-7-21(22)24(27)28/h5-15H,4H2,1-3H3. The second-order valence-electron chi connectivity index (χ2n) is 7.08. The normalized spacial score (nSPS) is 10.7. The molecule has 1 heterocycles. The summed E-state index contributed by atoms with van der Waals surface area (Å²) in [5.74, 6) is 0.511. The van der Waals surface area contributed by atoms with Gasteiger partial charge in [0.05, 0.1) is 30.7 Å². The topological polar surface area (TPSA) is 79.7 Å². The van der Waals surface area contributed by atoms with E-state index >= 15 is 0 Å². The van der Waals surface area contributed by atoms with Crippen LogP contribution in [-0.4, -0.2) is 29.9 Å². The van der Waals surface area contributed by atoms with E-state index in [1.807, 2.05) is 19.1 Å². The first-order valence-electron chi connectivity index (χ1n) is 10.1. The summed E-state index contributed by atoms with van der Waals surface area (Å²) in [5.41, 5.74) is 1.91. The molecule has 0 unspecified atom stereocenters. The van der Waals surface area contributed by atoms with Gasteiger partial charge in [-0.2, -0.15) is 0 Å². The lowest BCUT2D eigenvalue weighted by Crippen LogP contribution is -2.33. The van der Waals surface area contributed by atoms with Crippen molar-refractivity contribution in [3.8, 4) is 22.9 Å². The van der Waals surface area contributed by atoms with E-state index in [0.717, 1.165) is 16.7 Å². The number of para-hydroxylation sites is 1. The summed E-state index contributed by atoms with van der Waals surface area (Å²) < 4.78 is 11.6. The van der Waals surface area contributed by atoms with Crippen LogP contribution < -0.4 is 19.9 Å². The van der Waals surface area contributed by atoms with Gasteiger partial charge in [-0.05, 0) is 48.4 Å². The SMILES string of the molecule is CCc1ccc(C(=O)On2c(-c3cc(OC)cc(OC)c3)nc3ccccc3c2=O)cc1. The number of fused-ring (bicyclic) bond motifs is 1. The van der Waals surface area contributed by atoms with Crippen LogP contribution in [0.4, 0.5) is 0 Å². The first kappa shape index (κ1) is 21.1. The van der Waals surface area contributed by atoms with Crippen LogP contribution in [0.5, 0.6) is 11.5 Å². The Balaban J connectivity index is 1.88. The Morgan fingerprint density at radius 3 is 2.22 bits per heavy atom. The number of carbonyl (C=O) groups is 1. The highest BCUT2D eigenvalue weighted by atomic mass is 16.7. The molecule has 4 aromatic rings. The molecule has 0 atom stereocenters. The highest BCUT2D eigenvalue weighted by molar-refractivity contribution is 5.90. The molecule has 7 nitrogen and oxygen atoms in total. The van der Waals surface area contributed by atoms with Gasteiger partial charge in [-0.25, -0.2) is 9.78 Å². The number of hydrogen-bond acceptors (Lipinski definition) is 6. The molecule has 0 bridgehead atoms. The van der Waals surface area contributed by atoms with E-state index in [2.05, 4.69) is 4.98 Å². The van der Waals surface area contributed by atoms with Gasteiger partial charge in [0.2, 0.25) is 0 Å². The average Bonchev–Trinajstić information content (AvgIpc) is 2.85. The first-order chi connectivity index (χ1) is 15.5. The van der Waals surface area contributed by atoms with Crippen LogP contribution in [0.15, 0.2) is 71.5 Å². The minimum atomic E-state index is -0.664. The number of nitrogens with zero attached hydrogens (tertiary/aromatic N) is 2. The molecule has 3 aromatic carbocycles. The van der Waals surface area contributed by atoms with Crippen molar-refractivity contribution in [1.29, 1.82) is 0 Å². The van der Waals surface area contributed by atoms with E-state index in [4.69, 9.17) is 14.3 Å². The highest BCUT2D eigenvalue weighted by Crippen LogP contribution is 2.29. The molecule has 162 valence electrons. The summed E-state index contributed by atoms with van der Waals surface area (Å²) >= 11 is 0. The molecule has 0 saturated heterocycles. The number of carbonyl (C=O) groups excluding carboxylic acids is 1. The van der Waals surface area contributed by atoms with Gasteiger partial charge in [0.15, 0.2) is 5.82 Å². The third kappa shape index (κ3) is 4.05. The Morgan fingerprint density at radius 2 is 1.59 bits per heavy atom. The lowest BCUT2D eigenvalue weighted by Gasteiger charge is -2.14. The zero-order valence-corrected chi connectivity index (χ0v) is 18.0. The fourth-order valence-electron chi connectivity index (χ4n) is 3.33. The van der Waals surface area contributed by atoms with Crippen LogP contribution >= 0.6 is 0 Å². The molecular formula is C25H22N2O5. The second kappa shape index (κ2) is 8.93. The van der Waals surface area contributed by atoms with E-state index in [-0.39, 0.29) is 5.82 Å². The quantitative estimate of drug-likeness (QED) is 0.461. The molecular weight excluding hydrogens is 408 g/mol. The van der Waals surface area contributed by atoms with E-state index in [9.17, 15) is 9.59 Å². The van der Waals surface area contributed by atoms with Crippen molar-refractivity contribution in [1.82, 2.24) is 9.71 Å². The number of aryl methyl sites for hydroxylation is 1. The van der Waals surface area contributed by atoms with Gasteiger partial charge in [-0.15, -0.1) is 4.73 Å². The van der Waals surface area contributed by atoms with Crippen LogP contribution in [0.3, 0.4) is 0 Å². The smallest absolute Gasteiger partial charge is 0.363 e. The number of hydrogen-bond donors (Lipinski definition) is 0. The van der Waals surface area contributed by atoms with Crippen LogP contribution in [0.2, 0.25) is 0 Å². The molecule has 0 aliphatic carbocycles. The molecule has 0 spiro atoms. The monoisotopic (exact) mass is 430 g/mol. The average molecular weight is 430 g/mol. The molecule has 0 aliphatic rings. The van der Waals surface area contributed by atoms with E-state index in [1.165, 1.54) is 14.2 Å². The Kier molecular flexibility index (Phi) is 5.89. The maximum Gasteiger partial charge on any atom is 0.363 e. The van der Waals surface area contributed by atoms with Crippen molar-refractivity contribution in [2.24, 2.45) is 0 Å². The van der Waals surface area contributed by atoms with Gasteiger partial charge in [0, 0.05) is 11.6 Å². The molecule has 0 N–H and O–H groups in total. The number of ether oxygens (including phenoxy) is 2. The maximum absolute atomic E-state index is 13.3. The summed E-state index contributed by atoms with van der Waals surface area (Å²) in [5, 5.41) is 0.334. The number of benzene rings is 3. The zero-order valence-electron chi connectivity index (χ0n) is 18.0. The van der Waals surface area contributed by atoms with Gasteiger partial charge in [0.25, 0.3) is 5.56 Å². The molecule has 7 heteroatoms. The summed E-state index contributed by atoms with van der Waals surface area (Å²) in [7, 11) is 3.05. The van der Waals surface area contributed by atoms with Crippen LogP contribution in [-0.2, 0) is 6.42 Å². The van der Waals surface area contributed by atoms with Crippen LogP contribution in [0, 0.1) is 0 Å². The fourth-order valence-corrected chi connectivity index (χ4v) is 3.33. The molecule has 0 fully saturated rings. The molecule has 4 rings (SSSR count). The third-order valence-corrected chi connectivity index (χ3v) is 5.12. The lowest BCUT2D eigenvalue weighted by molar-refractivity contribution is 0.0449. The van der Waals surface area contributed by atoms with Crippen molar-refractivity contribution in [3.63, 3.8) is 0 Å². The number of aromatic nitrogens is 2. The van der Waals surface area contributed by atoms with E-state index in [0.29, 0.717) is 33.5 Å². The second-order valence-corrected chi connectivity index (χ2v) is 7.08. The molecule has 32 heavy (non-hydrogen) atoms. The van der Waals surface area contributed by atoms with Gasteiger partial charge in [-0.3, -0.25) is 4.79 Å². The first-order valence-corrected chi connectivity index (χ1v) is 10.1. The van der Waals surface area contributed by atoms with Crippen molar-refractivity contribution >= 4 is 16.9 Å². The largest absolute Gasteiger partial charge is 0.497 e. The molecule has 1 aromatic heterocycles. The third-order valence-electron chi connectivity index (χ3n) is 5.12. The number of methoxy groups -OCH3 is 2. The van der Waals surface area contributed by atoms with E-state index in [1.54, 1.807) is 54.6 Å². The van der Waals surface area contributed by atoms with Gasteiger partial charge < -0.3 is 14.3 Å². The Hall–Kier alpha value is -4.13. The van der Waals surface area contributed by atoms with E-state index < -0.39 is 11.5 Å². The summed E-state index contributed by atoms with van der Waals surface area (Å²) in [4.78, 5) is 36.3. The van der Waals surface area contributed by atoms with Gasteiger partial charge in [0.1, 0.15) is 11.5 Å². The van der Waals surface area contributed by atoms with Gasteiger partial charge in [-0.1, -0.05) is 31.2 Å². The Morgan fingerprint density at radius 1 is 0.938 bits per heavy atom. The summed E-state index contributed by atoms with van der Waals surface area (Å²) in [6, 6.07) is 19.0. The molecule has 0 amide bonds. The molecule has 0 saturated carbocycles. The van der Waals surface area contributed by atoms with Crippen LogP contribution in [0.25, 0.3) is 22.3 Å². The van der Waals surface area contributed by atoms with Crippen molar-refractivity contribution in [2.75, 3.05) is 14.2 Å². The zero-order chi connectivity index (χ0) is 22.7. The highest BCUT2D eigenvalue weighted by Gasteiger charge is 2.19. The molecule has 0 radical (unpaired) electrons. The maximum atomic E-state index is 13.3. The lowest BCUT2D eigenvalue weighted by atomic mass is 10.1. The Bertz CT molecular complexity index is 1320. The summed E-state index contributed by atoms with van der Waals surface area (Å²) in [6.07, 6.45) is 0.852. The fraction of sp³-hybridized carbons (Fsp3) is 0.160. The van der Waals surface area contributed by atoms with Crippen molar-refractivity contribution < 1.29 is 19.1 Å². The van der Waals surface area contributed by atoms with Crippen molar-refractivity contribution in [3.05, 3.63) is 88.2 Å². The number of rotatable bonds is 6. The predicted octanol–water partition coefficient (Wildman–Crippen LogP) is 3.91. The minimum absolute atomic E-state index is 0.157. The predicted molar refractivity (Wildman–Crippen MR) is 121 cm³/mol. The summed E-state index contributed by atoms with van der Waals surface area (Å²) in [6.45, 7) is 2.03. The van der Waals surface area contributed by atoms with Crippen molar-refractivity contribution in [2.45, 2.75) is 13.3 Å². The minimum Gasteiger partial charge on any atom is -0.497 e. The van der Waals surface area contributed by atoms with Crippen LogP contribution in [0.1, 0.15) is 22.8 Å².